The molecule has 1 aromatic carbocycles. The molecule has 1 heterocycles. The van der Waals surface area contributed by atoms with Crippen molar-refractivity contribution in [3.05, 3.63) is 59.4 Å². The van der Waals surface area contributed by atoms with E-state index in [2.05, 4.69) is 30.2 Å². The molecule has 1 aromatic heterocycles. The van der Waals surface area contributed by atoms with E-state index in [1.54, 1.807) is 12.1 Å². The van der Waals surface area contributed by atoms with E-state index in [-0.39, 0.29) is 6.04 Å². The summed E-state index contributed by atoms with van der Waals surface area (Å²) in [5.74, 6) is 0.315. The second-order valence-corrected chi connectivity index (χ2v) is 5.31. The van der Waals surface area contributed by atoms with E-state index in [1.165, 1.54) is 16.7 Å². The summed E-state index contributed by atoms with van der Waals surface area (Å²) in [6.07, 6.45) is 6.84. The summed E-state index contributed by atoms with van der Waals surface area (Å²) in [4.78, 5) is 4.24. The number of aryl methyl sites for hydroxylation is 1. The Hall–Kier alpha value is -1.87. The number of hydrogen-bond donors (Lipinski definition) is 2. The molecule has 0 amide bonds. The molecule has 0 aliphatic rings. The fourth-order valence-electron chi connectivity index (χ4n) is 2.55. The number of phenols is 1. The molecule has 0 spiro atoms. The number of hydrogen-bond acceptors (Lipinski definition) is 3. The summed E-state index contributed by atoms with van der Waals surface area (Å²) in [6.45, 7) is 5.34. The van der Waals surface area contributed by atoms with Crippen LogP contribution in [-0.2, 0) is 12.8 Å². The molecule has 21 heavy (non-hydrogen) atoms. The third-order valence-corrected chi connectivity index (χ3v) is 3.71. The van der Waals surface area contributed by atoms with Gasteiger partial charge in [0.15, 0.2) is 0 Å². The first-order valence-electron chi connectivity index (χ1n) is 7.68. The largest absolute Gasteiger partial charge is 0.508 e. The lowest BCUT2D eigenvalue weighted by Gasteiger charge is -2.21. The van der Waals surface area contributed by atoms with Gasteiger partial charge < -0.3 is 10.4 Å². The third-order valence-electron chi connectivity index (χ3n) is 3.71. The maximum Gasteiger partial charge on any atom is 0.115 e. The second kappa shape index (κ2) is 7.79. The fourth-order valence-corrected chi connectivity index (χ4v) is 2.55. The molecule has 2 rings (SSSR count). The predicted octanol–water partition coefficient (Wildman–Crippen LogP) is 3.63. The van der Waals surface area contributed by atoms with Crippen LogP contribution in [-0.4, -0.2) is 16.6 Å². The van der Waals surface area contributed by atoms with Gasteiger partial charge >= 0.3 is 0 Å². The van der Waals surface area contributed by atoms with E-state index < -0.39 is 0 Å². The minimum absolute atomic E-state index is 0.285. The first kappa shape index (κ1) is 15.5. The Morgan fingerprint density at radius 2 is 1.90 bits per heavy atom. The average molecular weight is 284 g/mol. The van der Waals surface area contributed by atoms with E-state index in [0.717, 1.165) is 25.8 Å². The molecule has 1 atom stereocenters. The molecule has 0 aliphatic carbocycles. The molecule has 3 nitrogen and oxygen atoms in total. The quantitative estimate of drug-likeness (QED) is 0.816. The normalized spacial score (nSPS) is 12.3. The lowest BCUT2D eigenvalue weighted by atomic mass is 9.95. The molecule has 0 radical (unpaired) electrons. The van der Waals surface area contributed by atoms with Crippen molar-refractivity contribution in [2.45, 2.75) is 39.2 Å². The number of rotatable bonds is 7. The van der Waals surface area contributed by atoms with Gasteiger partial charge in [-0.25, -0.2) is 0 Å². The Bertz CT molecular complexity index is 551. The number of aromatic nitrogens is 1. The van der Waals surface area contributed by atoms with Crippen LogP contribution in [0.25, 0.3) is 0 Å². The van der Waals surface area contributed by atoms with Gasteiger partial charge in [-0.15, -0.1) is 0 Å². The predicted molar refractivity (Wildman–Crippen MR) is 86.5 cm³/mol. The van der Waals surface area contributed by atoms with Gasteiger partial charge in [-0.3, -0.25) is 4.98 Å². The smallest absolute Gasteiger partial charge is 0.115 e. The molecule has 0 fully saturated rings. The summed E-state index contributed by atoms with van der Waals surface area (Å²) in [5, 5.41) is 13.0. The molecular weight excluding hydrogens is 260 g/mol. The third kappa shape index (κ3) is 4.30. The van der Waals surface area contributed by atoms with Crippen LogP contribution >= 0.6 is 0 Å². The van der Waals surface area contributed by atoms with Crippen molar-refractivity contribution in [2.75, 3.05) is 6.54 Å². The lowest BCUT2D eigenvalue weighted by molar-refractivity contribution is 0.474. The highest BCUT2D eigenvalue weighted by molar-refractivity contribution is 5.31. The van der Waals surface area contributed by atoms with Crippen LogP contribution < -0.4 is 5.32 Å². The minimum Gasteiger partial charge on any atom is -0.508 e. The summed E-state index contributed by atoms with van der Waals surface area (Å²) in [7, 11) is 0. The molecule has 1 unspecified atom stereocenters. The highest BCUT2D eigenvalue weighted by atomic mass is 16.3. The number of pyridine rings is 1. The van der Waals surface area contributed by atoms with Crippen molar-refractivity contribution in [3.8, 4) is 5.75 Å². The molecule has 2 aromatic rings. The number of phenolic OH excluding ortho intramolecular Hbond substituents is 1. The topological polar surface area (TPSA) is 45.1 Å². The Labute approximate surface area is 127 Å². The first-order valence-corrected chi connectivity index (χ1v) is 7.68. The van der Waals surface area contributed by atoms with Gasteiger partial charge in [-0.05, 0) is 60.7 Å². The summed E-state index contributed by atoms with van der Waals surface area (Å²) >= 11 is 0. The molecule has 0 saturated heterocycles. The van der Waals surface area contributed by atoms with Crippen molar-refractivity contribution in [1.29, 1.82) is 0 Å². The number of nitrogens with zero attached hydrogens (tertiary/aromatic N) is 1. The van der Waals surface area contributed by atoms with Gasteiger partial charge in [-0.2, -0.15) is 0 Å². The van der Waals surface area contributed by atoms with E-state index in [9.17, 15) is 5.11 Å². The van der Waals surface area contributed by atoms with Crippen LogP contribution in [0.1, 0.15) is 43.0 Å². The van der Waals surface area contributed by atoms with Crippen LogP contribution in [0.3, 0.4) is 0 Å². The van der Waals surface area contributed by atoms with Gasteiger partial charge in [0.1, 0.15) is 5.75 Å². The van der Waals surface area contributed by atoms with Gasteiger partial charge in [0, 0.05) is 18.4 Å². The van der Waals surface area contributed by atoms with Crippen molar-refractivity contribution >= 4 is 0 Å². The van der Waals surface area contributed by atoms with E-state index >= 15 is 0 Å². The molecule has 0 aliphatic heterocycles. The number of nitrogens with one attached hydrogen (secondary N) is 1. The monoisotopic (exact) mass is 284 g/mol. The lowest BCUT2D eigenvalue weighted by Crippen LogP contribution is -2.25. The average Bonchev–Trinajstić information content (AvgIpc) is 2.53. The SMILES string of the molecule is CCCNC(Cc1ccc(O)cc1)c1ccncc1CC. The Balaban J connectivity index is 2.23. The van der Waals surface area contributed by atoms with Crippen LogP contribution in [0.2, 0.25) is 0 Å². The summed E-state index contributed by atoms with van der Waals surface area (Å²) in [5.41, 5.74) is 3.85. The van der Waals surface area contributed by atoms with Gasteiger partial charge in [-0.1, -0.05) is 26.0 Å². The van der Waals surface area contributed by atoms with Crippen LogP contribution in [0, 0.1) is 0 Å². The molecule has 112 valence electrons. The second-order valence-electron chi connectivity index (χ2n) is 5.31. The molecule has 0 saturated carbocycles. The Kier molecular flexibility index (Phi) is 5.76. The highest BCUT2D eigenvalue weighted by Gasteiger charge is 2.14. The zero-order valence-electron chi connectivity index (χ0n) is 12.8. The number of benzene rings is 1. The van der Waals surface area contributed by atoms with Crippen LogP contribution in [0.5, 0.6) is 5.75 Å². The zero-order valence-corrected chi connectivity index (χ0v) is 12.8. The standard InChI is InChI=1S/C18H24N2O/c1-3-10-20-18(12-14-5-7-16(21)8-6-14)17-9-11-19-13-15(17)4-2/h5-9,11,13,18,20-21H,3-4,10,12H2,1-2H3. The molecule has 0 bridgehead atoms. The zero-order chi connectivity index (χ0) is 15.1. The van der Waals surface area contributed by atoms with Gasteiger partial charge in [0.05, 0.1) is 0 Å². The molecule has 3 heteroatoms. The highest BCUT2D eigenvalue weighted by Crippen LogP contribution is 2.23. The van der Waals surface area contributed by atoms with Crippen molar-refractivity contribution < 1.29 is 5.11 Å². The van der Waals surface area contributed by atoms with Crippen LogP contribution in [0.4, 0.5) is 0 Å². The van der Waals surface area contributed by atoms with Crippen molar-refractivity contribution in [1.82, 2.24) is 10.3 Å². The molecule has 2 N–H and O–H groups in total. The first-order chi connectivity index (χ1) is 10.2. The summed E-state index contributed by atoms with van der Waals surface area (Å²) < 4.78 is 0. The summed E-state index contributed by atoms with van der Waals surface area (Å²) in [6, 6.07) is 9.88. The van der Waals surface area contributed by atoms with Crippen LogP contribution in [0.15, 0.2) is 42.7 Å². The van der Waals surface area contributed by atoms with Gasteiger partial charge in [0.2, 0.25) is 0 Å². The number of aromatic hydroxyl groups is 1. The minimum atomic E-state index is 0.285. The maximum atomic E-state index is 9.41. The van der Waals surface area contributed by atoms with E-state index in [4.69, 9.17) is 0 Å². The Morgan fingerprint density at radius 1 is 1.14 bits per heavy atom. The van der Waals surface area contributed by atoms with Crippen molar-refractivity contribution in [3.63, 3.8) is 0 Å². The van der Waals surface area contributed by atoms with E-state index in [0.29, 0.717) is 5.75 Å². The van der Waals surface area contributed by atoms with E-state index in [1.807, 2.05) is 24.5 Å². The fraction of sp³-hybridized carbons (Fsp3) is 0.389. The van der Waals surface area contributed by atoms with Gasteiger partial charge in [0.25, 0.3) is 0 Å². The maximum absolute atomic E-state index is 9.41. The molecular formula is C18H24N2O. The Morgan fingerprint density at radius 3 is 2.57 bits per heavy atom. The van der Waals surface area contributed by atoms with Crippen molar-refractivity contribution in [2.24, 2.45) is 0 Å².